The predicted molar refractivity (Wildman–Crippen MR) is 119 cm³/mol. The Morgan fingerprint density at radius 2 is 1.71 bits per heavy atom. The maximum atomic E-state index is 12.7. The number of amides is 1. The molecule has 1 aliphatic rings. The lowest BCUT2D eigenvalue weighted by atomic mass is 9.88. The summed E-state index contributed by atoms with van der Waals surface area (Å²) in [4.78, 5) is 26.1. The number of piperidine rings is 1. The summed E-state index contributed by atoms with van der Waals surface area (Å²) in [5, 5.41) is 3.17. The van der Waals surface area contributed by atoms with Crippen LogP contribution in [0.5, 0.6) is 0 Å². The van der Waals surface area contributed by atoms with Crippen molar-refractivity contribution in [3.05, 3.63) is 71.3 Å². The molecule has 1 fully saturated rings. The number of carbonyl (C=O) groups is 2. The molecule has 2 aromatic rings. The van der Waals surface area contributed by atoms with E-state index in [1.54, 1.807) is 0 Å². The number of nitrogens with zero attached hydrogens (tertiary/aromatic N) is 1. The van der Waals surface area contributed by atoms with Crippen molar-refractivity contribution in [1.82, 2.24) is 10.2 Å². The van der Waals surface area contributed by atoms with Gasteiger partial charge in [0.05, 0.1) is 32.9 Å². The number of methoxy groups -OCH3 is 1. The van der Waals surface area contributed by atoms with Crippen LogP contribution in [-0.4, -0.2) is 49.7 Å². The molecule has 2 aromatic carbocycles. The van der Waals surface area contributed by atoms with Crippen LogP contribution in [0.2, 0.25) is 0 Å². The van der Waals surface area contributed by atoms with Crippen LogP contribution in [0.4, 0.5) is 0 Å². The van der Waals surface area contributed by atoms with Gasteiger partial charge in [-0.25, -0.2) is 0 Å². The first-order valence-electron chi connectivity index (χ1n) is 10.9. The first-order chi connectivity index (χ1) is 15.1. The van der Waals surface area contributed by atoms with E-state index < -0.39 is 0 Å². The number of nitrogens with one attached hydrogen (secondary N) is 1. The zero-order chi connectivity index (χ0) is 22.1. The maximum absolute atomic E-state index is 12.7. The van der Waals surface area contributed by atoms with Crippen molar-refractivity contribution in [3.8, 4) is 0 Å². The molecule has 1 atom stereocenters. The Hall–Kier alpha value is -2.70. The van der Waals surface area contributed by atoms with E-state index in [2.05, 4.69) is 17.4 Å². The zero-order valence-electron chi connectivity index (χ0n) is 18.4. The van der Waals surface area contributed by atoms with Crippen LogP contribution in [-0.2, 0) is 32.1 Å². The van der Waals surface area contributed by atoms with E-state index in [1.807, 2.05) is 54.3 Å². The minimum atomic E-state index is -0.273. The third kappa shape index (κ3) is 6.91. The molecule has 6 heteroatoms. The van der Waals surface area contributed by atoms with Gasteiger partial charge in [0.15, 0.2) is 0 Å². The van der Waals surface area contributed by atoms with Crippen molar-refractivity contribution < 1.29 is 19.1 Å². The number of rotatable bonds is 9. The largest absolute Gasteiger partial charge is 0.469 e. The van der Waals surface area contributed by atoms with Gasteiger partial charge in [0, 0.05) is 13.1 Å². The molecule has 0 bridgehead atoms. The van der Waals surface area contributed by atoms with E-state index in [-0.39, 0.29) is 17.9 Å². The lowest BCUT2D eigenvalue weighted by Gasteiger charge is -2.34. The molecule has 1 amide bonds. The predicted octanol–water partition coefficient (Wildman–Crippen LogP) is 3.26. The lowest BCUT2D eigenvalue weighted by molar-refractivity contribution is -0.139. The Morgan fingerprint density at radius 3 is 2.35 bits per heavy atom. The molecule has 1 unspecified atom stereocenters. The molecular formula is C25H32N2O4. The number of carbonyl (C=O) groups excluding carboxylic acids is 2. The third-order valence-corrected chi connectivity index (χ3v) is 5.81. The van der Waals surface area contributed by atoms with Gasteiger partial charge in [-0.3, -0.25) is 14.9 Å². The molecule has 0 spiro atoms. The molecule has 3 rings (SSSR count). The number of likely N-dealkylation sites (tertiary alicyclic amines) is 1. The molecule has 1 heterocycles. The second-order valence-electron chi connectivity index (χ2n) is 8.00. The Bertz CT molecular complexity index is 830. The van der Waals surface area contributed by atoms with Gasteiger partial charge < -0.3 is 14.4 Å². The summed E-state index contributed by atoms with van der Waals surface area (Å²) in [7, 11) is 1.40. The Morgan fingerprint density at radius 1 is 1.03 bits per heavy atom. The van der Waals surface area contributed by atoms with Gasteiger partial charge in [0.25, 0.3) is 0 Å². The van der Waals surface area contributed by atoms with E-state index in [0.717, 1.165) is 37.1 Å². The van der Waals surface area contributed by atoms with Gasteiger partial charge >= 0.3 is 5.97 Å². The van der Waals surface area contributed by atoms with Crippen molar-refractivity contribution in [2.45, 2.75) is 44.8 Å². The molecule has 166 valence electrons. The summed E-state index contributed by atoms with van der Waals surface area (Å²) >= 11 is 0. The normalized spacial score (nSPS) is 15.5. The highest BCUT2D eigenvalue weighted by molar-refractivity contribution is 5.81. The zero-order valence-corrected chi connectivity index (χ0v) is 18.4. The second-order valence-corrected chi connectivity index (χ2v) is 8.00. The van der Waals surface area contributed by atoms with E-state index in [0.29, 0.717) is 25.7 Å². The fraction of sp³-hybridized carbons (Fsp3) is 0.440. The monoisotopic (exact) mass is 424 g/mol. The molecule has 0 aromatic heterocycles. The molecular weight excluding hydrogens is 392 g/mol. The number of hydrogen-bond donors (Lipinski definition) is 1. The van der Waals surface area contributed by atoms with Crippen molar-refractivity contribution in [3.63, 3.8) is 0 Å². The average Bonchev–Trinajstić information content (AvgIpc) is 2.82. The van der Waals surface area contributed by atoms with Crippen molar-refractivity contribution >= 4 is 11.9 Å². The van der Waals surface area contributed by atoms with Crippen molar-refractivity contribution in [1.29, 1.82) is 0 Å². The average molecular weight is 425 g/mol. The van der Waals surface area contributed by atoms with Gasteiger partial charge in [-0.05, 0) is 42.4 Å². The van der Waals surface area contributed by atoms with Gasteiger partial charge in [0.2, 0.25) is 5.91 Å². The SMILES string of the molecule is COC(=O)Cc1ccc(C2CCN(C(=O)C(C)NCOCc3ccccc3)CC2)cc1. The van der Waals surface area contributed by atoms with E-state index in [9.17, 15) is 9.59 Å². The Kier molecular flexibility index (Phi) is 8.62. The molecule has 1 N–H and O–H groups in total. The van der Waals surface area contributed by atoms with Crippen molar-refractivity contribution in [2.24, 2.45) is 0 Å². The number of esters is 1. The van der Waals surface area contributed by atoms with E-state index in [1.165, 1.54) is 12.7 Å². The molecule has 0 aliphatic carbocycles. The van der Waals surface area contributed by atoms with Crippen LogP contribution >= 0.6 is 0 Å². The van der Waals surface area contributed by atoms with Crippen molar-refractivity contribution in [2.75, 3.05) is 26.9 Å². The topological polar surface area (TPSA) is 67.9 Å². The Balaban J connectivity index is 1.39. The summed E-state index contributed by atoms with van der Waals surface area (Å²) in [6.45, 7) is 4.27. The fourth-order valence-corrected chi connectivity index (χ4v) is 3.87. The van der Waals surface area contributed by atoms with E-state index in [4.69, 9.17) is 9.47 Å². The number of ether oxygens (including phenoxy) is 2. The molecule has 1 saturated heterocycles. The van der Waals surface area contributed by atoms with Gasteiger partial charge in [-0.1, -0.05) is 54.6 Å². The summed E-state index contributed by atoms with van der Waals surface area (Å²) in [5.41, 5.74) is 3.34. The first kappa shape index (κ1) is 23.0. The second kappa shape index (κ2) is 11.6. The quantitative estimate of drug-likeness (QED) is 0.380. The highest BCUT2D eigenvalue weighted by Gasteiger charge is 2.26. The smallest absolute Gasteiger partial charge is 0.309 e. The molecule has 0 radical (unpaired) electrons. The minimum absolute atomic E-state index is 0.121. The number of hydrogen-bond acceptors (Lipinski definition) is 5. The standard InChI is InChI=1S/C25H32N2O4/c1-19(26-18-31-17-21-6-4-3-5-7-21)25(29)27-14-12-23(13-15-27)22-10-8-20(9-11-22)16-24(28)30-2/h3-11,19,23,26H,12-18H2,1-2H3. The molecule has 6 nitrogen and oxygen atoms in total. The maximum Gasteiger partial charge on any atom is 0.309 e. The summed E-state index contributed by atoms with van der Waals surface area (Å²) in [5.74, 6) is 0.330. The first-order valence-corrected chi connectivity index (χ1v) is 10.9. The summed E-state index contributed by atoms with van der Waals surface area (Å²) in [6.07, 6.45) is 2.18. The van der Waals surface area contributed by atoms with E-state index >= 15 is 0 Å². The van der Waals surface area contributed by atoms with Crippen LogP contribution in [0.15, 0.2) is 54.6 Å². The van der Waals surface area contributed by atoms with Crippen LogP contribution in [0.3, 0.4) is 0 Å². The fourth-order valence-electron chi connectivity index (χ4n) is 3.87. The highest BCUT2D eigenvalue weighted by Crippen LogP contribution is 2.28. The van der Waals surface area contributed by atoms with Gasteiger partial charge in [0.1, 0.15) is 0 Å². The molecule has 31 heavy (non-hydrogen) atoms. The lowest BCUT2D eigenvalue weighted by Crippen LogP contribution is -2.48. The van der Waals surface area contributed by atoms with Gasteiger partial charge in [-0.15, -0.1) is 0 Å². The molecule has 0 saturated carbocycles. The van der Waals surface area contributed by atoms with Crippen LogP contribution in [0, 0.1) is 0 Å². The highest BCUT2D eigenvalue weighted by atomic mass is 16.5. The minimum Gasteiger partial charge on any atom is -0.469 e. The number of benzene rings is 2. The van der Waals surface area contributed by atoms with Crippen LogP contribution < -0.4 is 5.32 Å². The Labute approximate surface area is 184 Å². The summed E-state index contributed by atoms with van der Waals surface area (Å²) < 4.78 is 10.3. The summed E-state index contributed by atoms with van der Waals surface area (Å²) in [6, 6.07) is 17.9. The molecule has 1 aliphatic heterocycles. The third-order valence-electron chi connectivity index (χ3n) is 5.81. The van der Waals surface area contributed by atoms with Crippen LogP contribution in [0.1, 0.15) is 42.4 Å². The van der Waals surface area contributed by atoms with Crippen LogP contribution in [0.25, 0.3) is 0 Å². The van der Waals surface area contributed by atoms with Gasteiger partial charge in [-0.2, -0.15) is 0 Å².